The highest BCUT2D eigenvalue weighted by Crippen LogP contribution is 2.37. The standard InChI is InChI=1S/C37H46N2O4/c1-6-11-12-13-14-15-16-31-24-34(42)39(37(31)43)36-29(9-4)22-26(23-30(36)10-5)19-25-20-27(7-2)35(28(8-3)21-25)38-32(40)17-18-33(38)41/h15-18,20-24,42-43H,6-14,19H2,1-5H3/b16-15+. The SMILES string of the molecule is CCCCCC/C=C/c1cc(O)n(-c2c(CC)cc(Cc3cc(CC)c(N4C(=O)C=CC4=O)c(CC)c3)cc2CC)c1O. The molecule has 2 aromatic carbocycles. The minimum atomic E-state index is -0.292. The number of hydrogen-bond donors (Lipinski definition) is 2. The van der Waals surface area contributed by atoms with Gasteiger partial charge in [0.05, 0.1) is 11.4 Å². The van der Waals surface area contributed by atoms with Crippen LogP contribution >= 0.6 is 0 Å². The number of anilines is 1. The van der Waals surface area contributed by atoms with Gasteiger partial charge in [0.15, 0.2) is 5.88 Å². The topological polar surface area (TPSA) is 82.8 Å². The van der Waals surface area contributed by atoms with Crippen LogP contribution in [0.1, 0.15) is 106 Å². The molecule has 0 saturated carbocycles. The Morgan fingerprint density at radius 2 is 1.19 bits per heavy atom. The molecule has 0 bridgehead atoms. The molecular weight excluding hydrogens is 536 g/mol. The van der Waals surface area contributed by atoms with Crippen LogP contribution in [0.5, 0.6) is 11.8 Å². The van der Waals surface area contributed by atoms with E-state index in [2.05, 4.69) is 51.1 Å². The number of hydrogen-bond acceptors (Lipinski definition) is 4. The van der Waals surface area contributed by atoms with Crippen LogP contribution in [-0.2, 0) is 41.7 Å². The smallest absolute Gasteiger partial charge is 0.258 e. The second kappa shape index (κ2) is 14.4. The average molecular weight is 583 g/mol. The Balaban J connectivity index is 1.68. The van der Waals surface area contributed by atoms with Gasteiger partial charge in [-0.25, -0.2) is 4.90 Å². The van der Waals surface area contributed by atoms with Crippen molar-refractivity contribution < 1.29 is 19.8 Å². The van der Waals surface area contributed by atoms with E-state index in [1.54, 1.807) is 10.6 Å². The Hall–Kier alpha value is -4.06. The maximum absolute atomic E-state index is 12.5. The summed E-state index contributed by atoms with van der Waals surface area (Å²) < 4.78 is 1.58. The Kier molecular flexibility index (Phi) is 10.7. The zero-order valence-electron chi connectivity index (χ0n) is 26.4. The number of aromatic hydroxyl groups is 2. The first-order chi connectivity index (χ1) is 20.8. The van der Waals surface area contributed by atoms with Crippen molar-refractivity contribution in [2.45, 2.75) is 98.8 Å². The molecule has 6 nitrogen and oxygen atoms in total. The number of rotatable bonds is 14. The molecule has 4 rings (SSSR count). The molecule has 6 heteroatoms. The molecule has 0 fully saturated rings. The second-order valence-corrected chi connectivity index (χ2v) is 11.3. The summed E-state index contributed by atoms with van der Waals surface area (Å²) in [7, 11) is 0. The van der Waals surface area contributed by atoms with Crippen molar-refractivity contribution in [3.8, 4) is 17.4 Å². The summed E-state index contributed by atoms with van der Waals surface area (Å²) in [5.74, 6) is -0.507. The van der Waals surface area contributed by atoms with Crippen LogP contribution in [0.15, 0.2) is 48.6 Å². The van der Waals surface area contributed by atoms with Gasteiger partial charge in [-0.2, -0.15) is 0 Å². The predicted octanol–water partition coefficient (Wildman–Crippen LogP) is 8.14. The first-order valence-electron chi connectivity index (χ1n) is 15.9. The Labute approximate surface area is 256 Å². The fraction of sp³-hybridized carbons (Fsp3) is 0.405. The molecule has 0 saturated heterocycles. The highest BCUT2D eigenvalue weighted by atomic mass is 16.3. The molecule has 3 aromatic rings. The number of amides is 2. The van der Waals surface area contributed by atoms with Crippen LogP contribution in [0, 0.1) is 0 Å². The molecule has 0 aliphatic carbocycles. The van der Waals surface area contributed by atoms with E-state index in [1.165, 1.54) is 36.3 Å². The fourth-order valence-electron chi connectivity index (χ4n) is 6.13. The van der Waals surface area contributed by atoms with Crippen molar-refractivity contribution >= 4 is 23.6 Å². The molecule has 0 unspecified atom stereocenters. The summed E-state index contributed by atoms with van der Waals surface area (Å²) in [5, 5.41) is 22.2. The first kappa shape index (κ1) is 31.9. The molecule has 1 aliphatic heterocycles. The summed E-state index contributed by atoms with van der Waals surface area (Å²) in [4.78, 5) is 26.3. The largest absolute Gasteiger partial charge is 0.494 e. The molecule has 1 aliphatic rings. The second-order valence-electron chi connectivity index (χ2n) is 11.3. The van der Waals surface area contributed by atoms with Crippen molar-refractivity contribution in [3.05, 3.63) is 87.5 Å². The lowest BCUT2D eigenvalue weighted by Gasteiger charge is -2.23. The number of imide groups is 1. The Morgan fingerprint density at radius 3 is 1.67 bits per heavy atom. The van der Waals surface area contributed by atoms with Crippen LogP contribution in [0.2, 0.25) is 0 Å². The summed E-state index contributed by atoms with van der Waals surface area (Å²) in [6.45, 7) is 10.5. The van der Waals surface area contributed by atoms with E-state index >= 15 is 0 Å². The number of unbranched alkanes of at least 4 members (excludes halogenated alkanes) is 4. The number of aromatic nitrogens is 1. The minimum Gasteiger partial charge on any atom is -0.494 e. The number of carbonyl (C=O) groups is 2. The van der Waals surface area contributed by atoms with E-state index < -0.39 is 0 Å². The van der Waals surface area contributed by atoms with E-state index in [0.717, 1.165) is 70.4 Å². The summed E-state index contributed by atoms with van der Waals surface area (Å²) in [5.41, 5.74) is 8.50. The molecule has 2 N–H and O–H groups in total. The molecule has 0 atom stereocenters. The van der Waals surface area contributed by atoms with E-state index in [4.69, 9.17) is 0 Å². The van der Waals surface area contributed by atoms with Crippen LogP contribution < -0.4 is 4.90 Å². The van der Waals surface area contributed by atoms with Gasteiger partial charge in [-0.3, -0.25) is 14.2 Å². The lowest BCUT2D eigenvalue weighted by molar-refractivity contribution is -0.120. The van der Waals surface area contributed by atoms with Crippen molar-refractivity contribution in [2.24, 2.45) is 0 Å². The number of allylic oxidation sites excluding steroid dienone is 1. The molecule has 0 spiro atoms. The van der Waals surface area contributed by atoms with Crippen LogP contribution in [0.25, 0.3) is 11.8 Å². The molecular formula is C37H46N2O4. The number of aryl methyl sites for hydroxylation is 4. The van der Waals surface area contributed by atoms with Crippen molar-refractivity contribution in [1.29, 1.82) is 0 Å². The predicted molar refractivity (Wildman–Crippen MR) is 175 cm³/mol. The first-order valence-corrected chi connectivity index (χ1v) is 15.9. The van der Waals surface area contributed by atoms with E-state index in [0.29, 0.717) is 24.8 Å². The lowest BCUT2D eigenvalue weighted by atomic mass is 9.92. The van der Waals surface area contributed by atoms with Gasteiger partial charge in [-0.15, -0.1) is 0 Å². The maximum Gasteiger partial charge on any atom is 0.258 e. The normalized spacial score (nSPS) is 13.3. The van der Waals surface area contributed by atoms with E-state index in [-0.39, 0.29) is 23.6 Å². The number of benzene rings is 2. The molecule has 1 aromatic heterocycles. The van der Waals surface area contributed by atoms with Crippen LogP contribution in [0.4, 0.5) is 5.69 Å². The fourth-order valence-corrected chi connectivity index (χ4v) is 6.13. The monoisotopic (exact) mass is 582 g/mol. The third-order valence-corrected chi connectivity index (χ3v) is 8.35. The lowest BCUT2D eigenvalue weighted by Crippen LogP contribution is -2.31. The van der Waals surface area contributed by atoms with Crippen LogP contribution in [-0.4, -0.2) is 26.6 Å². The average Bonchev–Trinajstić information content (AvgIpc) is 3.48. The van der Waals surface area contributed by atoms with Gasteiger partial charge in [0.2, 0.25) is 5.88 Å². The van der Waals surface area contributed by atoms with Gasteiger partial charge in [0.1, 0.15) is 0 Å². The minimum absolute atomic E-state index is 0.0246. The molecule has 2 amide bonds. The van der Waals surface area contributed by atoms with Gasteiger partial charge in [0, 0.05) is 23.8 Å². The maximum atomic E-state index is 12.5. The van der Waals surface area contributed by atoms with Crippen molar-refractivity contribution in [1.82, 2.24) is 4.57 Å². The van der Waals surface area contributed by atoms with Crippen molar-refractivity contribution in [2.75, 3.05) is 4.90 Å². The van der Waals surface area contributed by atoms with Gasteiger partial charge in [0.25, 0.3) is 11.8 Å². The molecule has 228 valence electrons. The third kappa shape index (κ3) is 6.79. The zero-order chi connectivity index (χ0) is 31.1. The molecule has 2 heterocycles. The highest BCUT2D eigenvalue weighted by molar-refractivity contribution is 6.28. The van der Waals surface area contributed by atoms with Gasteiger partial charge in [-0.05, 0) is 78.3 Å². The van der Waals surface area contributed by atoms with Gasteiger partial charge >= 0.3 is 0 Å². The quantitative estimate of drug-likeness (QED) is 0.148. The molecule has 43 heavy (non-hydrogen) atoms. The summed E-state index contributed by atoms with van der Waals surface area (Å²) >= 11 is 0. The van der Waals surface area contributed by atoms with E-state index in [9.17, 15) is 19.8 Å². The highest BCUT2D eigenvalue weighted by Gasteiger charge is 2.29. The van der Waals surface area contributed by atoms with Gasteiger partial charge in [-0.1, -0.05) is 90.3 Å². The summed E-state index contributed by atoms with van der Waals surface area (Å²) in [6.07, 6.45) is 15.9. The third-order valence-electron chi connectivity index (χ3n) is 8.35. The zero-order valence-corrected chi connectivity index (χ0v) is 26.4. The van der Waals surface area contributed by atoms with E-state index in [1.807, 2.05) is 19.9 Å². The van der Waals surface area contributed by atoms with Gasteiger partial charge < -0.3 is 10.2 Å². The van der Waals surface area contributed by atoms with Crippen LogP contribution in [0.3, 0.4) is 0 Å². The Morgan fingerprint density at radius 1 is 0.674 bits per heavy atom. The number of carbonyl (C=O) groups excluding carboxylic acids is 2. The molecule has 0 radical (unpaired) electrons. The Bertz CT molecular complexity index is 1470. The number of nitrogens with zero attached hydrogens (tertiary/aromatic N) is 2. The summed E-state index contributed by atoms with van der Waals surface area (Å²) in [6, 6.07) is 10.2. The van der Waals surface area contributed by atoms with Crippen molar-refractivity contribution in [3.63, 3.8) is 0 Å².